The molecule has 2 N–H and O–H groups in total. The van der Waals surface area contributed by atoms with Gasteiger partial charge in [0.1, 0.15) is 17.5 Å². The first-order valence-electron chi connectivity index (χ1n) is 9.54. The number of nitriles is 1. The lowest BCUT2D eigenvalue weighted by atomic mass is 10.0. The minimum absolute atomic E-state index is 0.117. The minimum atomic E-state index is -0.546. The number of hydrogen-bond donors (Lipinski definition) is 2. The normalized spacial score (nSPS) is 13.6. The van der Waals surface area contributed by atoms with Gasteiger partial charge in [-0.25, -0.2) is 4.99 Å². The number of amidine groups is 1. The summed E-state index contributed by atoms with van der Waals surface area (Å²) in [5, 5.41) is 17.2. The molecule has 6 nitrogen and oxygen atoms in total. The largest absolute Gasteiger partial charge is 0.321 e. The van der Waals surface area contributed by atoms with E-state index in [9.17, 15) is 14.9 Å². The second-order valence-corrected chi connectivity index (χ2v) is 7.99. The van der Waals surface area contributed by atoms with E-state index in [2.05, 4.69) is 15.6 Å². The first-order chi connectivity index (χ1) is 15.0. The van der Waals surface area contributed by atoms with Crippen molar-refractivity contribution in [2.24, 2.45) is 4.99 Å². The summed E-state index contributed by atoms with van der Waals surface area (Å²) in [6.45, 7) is 3.81. The van der Waals surface area contributed by atoms with Crippen LogP contribution in [0.25, 0.3) is 5.70 Å². The van der Waals surface area contributed by atoms with E-state index < -0.39 is 5.91 Å². The highest BCUT2D eigenvalue weighted by Crippen LogP contribution is 2.31. The van der Waals surface area contributed by atoms with E-state index in [4.69, 9.17) is 0 Å². The van der Waals surface area contributed by atoms with E-state index in [1.807, 2.05) is 49.6 Å². The Morgan fingerprint density at radius 1 is 1.00 bits per heavy atom. The van der Waals surface area contributed by atoms with Crippen LogP contribution in [0.15, 0.2) is 70.5 Å². The van der Waals surface area contributed by atoms with Gasteiger partial charge >= 0.3 is 0 Å². The predicted octanol–water partition coefficient (Wildman–Crippen LogP) is 4.43. The highest BCUT2D eigenvalue weighted by molar-refractivity contribution is 7.12. The molecule has 1 aromatic heterocycles. The van der Waals surface area contributed by atoms with Crippen LogP contribution in [0.3, 0.4) is 0 Å². The van der Waals surface area contributed by atoms with Gasteiger partial charge in [0, 0.05) is 16.8 Å². The van der Waals surface area contributed by atoms with Gasteiger partial charge in [0.2, 0.25) is 0 Å². The molecule has 0 unspecified atom stereocenters. The van der Waals surface area contributed by atoms with Crippen LogP contribution in [-0.2, 0) is 4.79 Å². The topological polar surface area (TPSA) is 94.3 Å². The molecule has 2 amide bonds. The van der Waals surface area contributed by atoms with E-state index in [1.165, 1.54) is 11.3 Å². The molecule has 0 atom stereocenters. The van der Waals surface area contributed by atoms with Crippen molar-refractivity contribution in [1.82, 2.24) is 5.32 Å². The van der Waals surface area contributed by atoms with Crippen LogP contribution in [0.2, 0.25) is 0 Å². The summed E-state index contributed by atoms with van der Waals surface area (Å²) >= 11 is 1.32. The number of benzene rings is 2. The fraction of sp³-hybridized carbons (Fsp3) is 0.0833. The van der Waals surface area contributed by atoms with E-state index >= 15 is 0 Å². The summed E-state index contributed by atoms with van der Waals surface area (Å²) in [5.41, 5.74) is 3.93. The zero-order chi connectivity index (χ0) is 22.0. The van der Waals surface area contributed by atoms with E-state index in [0.29, 0.717) is 27.5 Å². The number of nitrogens with one attached hydrogen (secondary N) is 2. The maximum Gasteiger partial charge on any atom is 0.268 e. The molecule has 0 radical (unpaired) electrons. The summed E-state index contributed by atoms with van der Waals surface area (Å²) in [6, 6.07) is 18.4. The smallest absolute Gasteiger partial charge is 0.268 e. The molecule has 152 valence electrons. The number of fused-ring (bicyclic) bond motifs is 1. The fourth-order valence-electron chi connectivity index (χ4n) is 3.26. The molecule has 0 saturated carbocycles. The van der Waals surface area contributed by atoms with E-state index in [-0.39, 0.29) is 17.2 Å². The molecule has 0 saturated heterocycles. The van der Waals surface area contributed by atoms with Gasteiger partial charge in [0.15, 0.2) is 0 Å². The van der Waals surface area contributed by atoms with E-state index in [0.717, 1.165) is 11.1 Å². The summed E-state index contributed by atoms with van der Waals surface area (Å²) in [4.78, 5) is 30.5. The molecular weight excluding hydrogens is 408 g/mol. The molecule has 3 aromatic rings. The van der Waals surface area contributed by atoms with Crippen molar-refractivity contribution in [2.45, 2.75) is 13.8 Å². The van der Waals surface area contributed by atoms with Gasteiger partial charge in [-0.1, -0.05) is 42.5 Å². The van der Waals surface area contributed by atoms with Crippen molar-refractivity contribution in [3.8, 4) is 6.07 Å². The Labute approximate surface area is 183 Å². The number of hydrogen-bond acceptors (Lipinski definition) is 5. The Hall–Kier alpha value is -4.02. The quantitative estimate of drug-likeness (QED) is 0.479. The number of thiophene rings is 1. The lowest BCUT2D eigenvalue weighted by molar-refractivity contribution is -0.112. The third-order valence-corrected chi connectivity index (χ3v) is 5.72. The van der Waals surface area contributed by atoms with E-state index in [1.54, 1.807) is 30.3 Å². The number of aliphatic imine (C=N–C) groups is 1. The van der Waals surface area contributed by atoms with Crippen molar-refractivity contribution < 1.29 is 9.59 Å². The molecule has 0 aliphatic carbocycles. The molecular formula is C24H18N4O2S. The number of carbonyl (C=O) groups is 2. The molecule has 2 heterocycles. The van der Waals surface area contributed by atoms with Crippen molar-refractivity contribution >= 4 is 40.4 Å². The summed E-state index contributed by atoms with van der Waals surface area (Å²) in [7, 11) is 0. The minimum Gasteiger partial charge on any atom is -0.321 e. The summed E-state index contributed by atoms with van der Waals surface area (Å²) < 4.78 is 0. The standard InChI is InChI=1S/C24H18N4O2S/c1-14-9-10-15(2)19(12-14)26-23(29)18(13-25)21-16-6-3-4-7-17(16)22(27-21)28-24(30)20-8-5-11-31-20/h3-12H,1-2H3,(H,26,29)(H,27,28,30)/b21-18-. The average molecular weight is 427 g/mol. The van der Waals surface area contributed by atoms with Crippen LogP contribution >= 0.6 is 11.3 Å². The third kappa shape index (κ3) is 4.02. The molecule has 0 fully saturated rings. The lowest BCUT2D eigenvalue weighted by Crippen LogP contribution is -2.29. The molecule has 0 spiro atoms. The zero-order valence-electron chi connectivity index (χ0n) is 16.9. The molecule has 1 aliphatic heterocycles. The molecule has 4 rings (SSSR count). The van der Waals surface area contributed by atoms with Gasteiger partial charge in [-0.2, -0.15) is 5.26 Å². The second kappa shape index (κ2) is 8.38. The Balaban J connectivity index is 1.72. The van der Waals surface area contributed by atoms with Gasteiger partial charge in [-0.15, -0.1) is 11.3 Å². The van der Waals surface area contributed by atoms with Crippen LogP contribution in [0.1, 0.15) is 31.9 Å². The Kier molecular flexibility index (Phi) is 5.48. The van der Waals surface area contributed by atoms with Crippen molar-refractivity contribution in [1.29, 1.82) is 5.26 Å². The van der Waals surface area contributed by atoms with Crippen LogP contribution in [0.4, 0.5) is 5.69 Å². The predicted molar refractivity (Wildman–Crippen MR) is 122 cm³/mol. The SMILES string of the molecule is Cc1ccc(C)c(NC(=O)/C(C#N)=C2\N=C(NC(=O)c3cccs3)c3ccccc32)c1. The highest BCUT2D eigenvalue weighted by atomic mass is 32.1. The van der Waals surface area contributed by atoms with Gasteiger partial charge in [0.25, 0.3) is 11.8 Å². The molecule has 31 heavy (non-hydrogen) atoms. The van der Waals surface area contributed by atoms with Crippen LogP contribution < -0.4 is 10.6 Å². The van der Waals surface area contributed by atoms with Gasteiger partial charge < -0.3 is 10.6 Å². The molecule has 2 aromatic carbocycles. The molecule has 0 bridgehead atoms. The lowest BCUT2D eigenvalue weighted by Gasteiger charge is -2.09. The van der Waals surface area contributed by atoms with Crippen molar-refractivity contribution in [2.75, 3.05) is 5.32 Å². The van der Waals surface area contributed by atoms with Gasteiger partial charge in [0.05, 0.1) is 10.6 Å². The first-order valence-corrected chi connectivity index (χ1v) is 10.4. The number of carbonyl (C=O) groups excluding carboxylic acids is 2. The highest BCUT2D eigenvalue weighted by Gasteiger charge is 2.27. The number of aryl methyl sites for hydroxylation is 2. The second-order valence-electron chi connectivity index (χ2n) is 7.05. The zero-order valence-corrected chi connectivity index (χ0v) is 17.7. The number of amides is 2. The average Bonchev–Trinajstić information content (AvgIpc) is 3.41. The van der Waals surface area contributed by atoms with Gasteiger partial charge in [-0.05, 0) is 42.5 Å². The van der Waals surface area contributed by atoms with Crippen molar-refractivity contribution in [3.05, 3.63) is 92.7 Å². The monoisotopic (exact) mass is 426 g/mol. The number of anilines is 1. The Morgan fingerprint density at radius 2 is 1.77 bits per heavy atom. The Bertz CT molecular complexity index is 1300. The maximum atomic E-state index is 13.0. The first kappa shape index (κ1) is 20.3. The number of nitrogens with zero attached hydrogens (tertiary/aromatic N) is 2. The van der Waals surface area contributed by atoms with Gasteiger partial charge in [-0.3, -0.25) is 9.59 Å². The molecule has 7 heteroatoms. The maximum absolute atomic E-state index is 13.0. The third-order valence-electron chi connectivity index (χ3n) is 4.85. The Morgan fingerprint density at radius 3 is 2.48 bits per heavy atom. The summed E-state index contributed by atoms with van der Waals surface area (Å²) in [6.07, 6.45) is 0. The van der Waals surface area contributed by atoms with Crippen LogP contribution in [0.5, 0.6) is 0 Å². The van der Waals surface area contributed by atoms with Crippen LogP contribution in [0, 0.1) is 25.2 Å². The van der Waals surface area contributed by atoms with Crippen molar-refractivity contribution in [3.63, 3.8) is 0 Å². The van der Waals surface area contributed by atoms with Crippen LogP contribution in [-0.4, -0.2) is 17.6 Å². The molecule has 1 aliphatic rings. The number of rotatable bonds is 3. The fourth-order valence-corrected chi connectivity index (χ4v) is 3.88. The summed E-state index contributed by atoms with van der Waals surface area (Å²) in [5.74, 6) is -0.518.